The molecular weight excluding hydrogens is 240 g/mol. The van der Waals surface area contributed by atoms with Crippen LogP contribution in [0.3, 0.4) is 0 Å². The van der Waals surface area contributed by atoms with Gasteiger partial charge >= 0.3 is 0 Å². The first kappa shape index (κ1) is 13.7. The molecule has 2 aromatic heterocycles. The zero-order valence-electron chi connectivity index (χ0n) is 11.6. The summed E-state index contributed by atoms with van der Waals surface area (Å²) in [6.07, 6.45) is 3.09. The van der Waals surface area contributed by atoms with Crippen molar-refractivity contribution in [3.63, 3.8) is 0 Å². The summed E-state index contributed by atoms with van der Waals surface area (Å²) in [4.78, 5) is 8.46. The maximum absolute atomic E-state index is 10.2. The third-order valence-electron chi connectivity index (χ3n) is 2.89. The van der Waals surface area contributed by atoms with Gasteiger partial charge in [-0.15, -0.1) is 0 Å². The van der Waals surface area contributed by atoms with E-state index >= 15 is 0 Å². The van der Waals surface area contributed by atoms with Crippen molar-refractivity contribution in [3.8, 4) is 0 Å². The lowest BCUT2D eigenvalue weighted by Gasteiger charge is -2.12. The van der Waals surface area contributed by atoms with Crippen LogP contribution in [0.4, 0.5) is 0 Å². The Labute approximate surface area is 113 Å². The number of hydrogen-bond acceptors (Lipinski definition) is 4. The summed E-state index contributed by atoms with van der Waals surface area (Å²) >= 11 is 0. The van der Waals surface area contributed by atoms with Crippen LogP contribution in [-0.2, 0) is 13.0 Å². The van der Waals surface area contributed by atoms with Crippen LogP contribution in [-0.4, -0.2) is 24.9 Å². The summed E-state index contributed by atoms with van der Waals surface area (Å²) in [5.41, 5.74) is 1.75. The van der Waals surface area contributed by atoms with Gasteiger partial charge in [0.25, 0.3) is 0 Å². The molecule has 19 heavy (non-hydrogen) atoms. The van der Waals surface area contributed by atoms with Crippen molar-refractivity contribution in [2.24, 2.45) is 5.92 Å². The molecule has 2 rings (SSSR count). The van der Waals surface area contributed by atoms with Gasteiger partial charge in [0.05, 0.1) is 5.69 Å². The second kappa shape index (κ2) is 5.93. The number of rotatable bonds is 5. The molecule has 5 heteroatoms. The molecule has 2 heterocycles. The summed E-state index contributed by atoms with van der Waals surface area (Å²) in [5, 5.41) is 14.4. The standard InChI is InChI=1S/C14H20N4O/c1-10(2)8-18-14(16-9-17-18)6-13(19)12-5-4-11(3)7-15-12/h4-5,7,9-10,13,19H,6,8H2,1-3H3. The highest BCUT2D eigenvalue weighted by Crippen LogP contribution is 2.15. The zero-order chi connectivity index (χ0) is 13.8. The summed E-state index contributed by atoms with van der Waals surface area (Å²) in [7, 11) is 0. The summed E-state index contributed by atoms with van der Waals surface area (Å²) < 4.78 is 1.85. The monoisotopic (exact) mass is 260 g/mol. The van der Waals surface area contributed by atoms with Gasteiger partial charge in [0.1, 0.15) is 18.3 Å². The van der Waals surface area contributed by atoms with Gasteiger partial charge in [0.2, 0.25) is 0 Å². The van der Waals surface area contributed by atoms with Crippen molar-refractivity contribution < 1.29 is 5.11 Å². The molecule has 0 aromatic carbocycles. The molecule has 1 unspecified atom stereocenters. The average Bonchev–Trinajstić information content (AvgIpc) is 2.76. The molecule has 1 N–H and O–H groups in total. The number of aliphatic hydroxyl groups excluding tert-OH is 1. The normalized spacial score (nSPS) is 12.9. The molecule has 0 spiro atoms. The molecule has 2 aromatic rings. The fourth-order valence-corrected chi connectivity index (χ4v) is 1.90. The van der Waals surface area contributed by atoms with Crippen LogP contribution in [0.1, 0.15) is 37.0 Å². The lowest BCUT2D eigenvalue weighted by atomic mass is 10.1. The SMILES string of the molecule is Cc1ccc(C(O)Cc2ncnn2CC(C)C)nc1. The molecule has 0 aliphatic heterocycles. The van der Waals surface area contributed by atoms with Crippen molar-refractivity contribution in [1.29, 1.82) is 0 Å². The molecule has 1 atom stereocenters. The van der Waals surface area contributed by atoms with Gasteiger partial charge in [-0.2, -0.15) is 5.10 Å². The van der Waals surface area contributed by atoms with Gasteiger partial charge in [-0.3, -0.25) is 4.98 Å². The molecule has 0 radical (unpaired) electrons. The highest BCUT2D eigenvalue weighted by Gasteiger charge is 2.14. The second-order valence-corrected chi connectivity index (χ2v) is 5.23. The summed E-state index contributed by atoms with van der Waals surface area (Å²) in [5.74, 6) is 1.29. The van der Waals surface area contributed by atoms with Crippen LogP contribution in [0.15, 0.2) is 24.7 Å². The molecule has 0 aliphatic rings. The number of pyridine rings is 1. The maximum Gasteiger partial charge on any atom is 0.138 e. The highest BCUT2D eigenvalue weighted by atomic mass is 16.3. The van der Waals surface area contributed by atoms with E-state index in [2.05, 4.69) is 28.9 Å². The average molecular weight is 260 g/mol. The van der Waals surface area contributed by atoms with Crippen LogP contribution >= 0.6 is 0 Å². The van der Waals surface area contributed by atoms with Crippen LogP contribution in [0.25, 0.3) is 0 Å². The van der Waals surface area contributed by atoms with E-state index in [-0.39, 0.29) is 0 Å². The molecule has 102 valence electrons. The third kappa shape index (κ3) is 3.61. The van der Waals surface area contributed by atoms with Crippen molar-refractivity contribution in [2.75, 3.05) is 0 Å². The minimum atomic E-state index is -0.643. The van der Waals surface area contributed by atoms with Crippen LogP contribution in [0, 0.1) is 12.8 Å². The van der Waals surface area contributed by atoms with E-state index in [9.17, 15) is 5.11 Å². The molecule has 5 nitrogen and oxygen atoms in total. The predicted molar refractivity (Wildman–Crippen MR) is 72.5 cm³/mol. The van der Waals surface area contributed by atoms with Crippen molar-refractivity contribution in [3.05, 3.63) is 41.7 Å². The smallest absolute Gasteiger partial charge is 0.138 e. The highest BCUT2D eigenvalue weighted by molar-refractivity contribution is 5.14. The molecule has 0 aliphatic carbocycles. The largest absolute Gasteiger partial charge is 0.386 e. The number of hydrogen-bond donors (Lipinski definition) is 1. The Hall–Kier alpha value is -1.75. The first-order chi connectivity index (χ1) is 9.06. The number of aliphatic hydroxyl groups is 1. The Balaban J connectivity index is 2.08. The van der Waals surface area contributed by atoms with E-state index in [1.165, 1.54) is 6.33 Å². The van der Waals surface area contributed by atoms with Gasteiger partial charge < -0.3 is 5.11 Å². The second-order valence-electron chi connectivity index (χ2n) is 5.23. The fraction of sp³-hybridized carbons (Fsp3) is 0.500. The molecule has 0 saturated carbocycles. The zero-order valence-corrected chi connectivity index (χ0v) is 11.6. The fourth-order valence-electron chi connectivity index (χ4n) is 1.90. The summed E-state index contributed by atoms with van der Waals surface area (Å²) in [6, 6.07) is 3.80. The van der Waals surface area contributed by atoms with Crippen LogP contribution in [0.2, 0.25) is 0 Å². The Morgan fingerprint density at radius 2 is 2.05 bits per heavy atom. The Morgan fingerprint density at radius 3 is 2.68 bits per heavy atom. The van der Waals surface area contributed by atoms with Crippen LogP contribution in [0.5, 0.6) is 0 Å². The summed E-state index contributed by atoms with van der Waals surface area (Å²) in [6.45, 7) is 7.04. The minimum absolute atomic E-state index is 0.433. The molecule has 0 fully saturated rings. The van der Waals surface area contributed by atoms with Gasteiger partial charge in [-0.05, 0) is 24.5 Å². The number of aryl methyl sites for hydroxylation is 1. The van der Waals surface area contributed by atoms with E-state index < -0.39 is 6.10 Å². The first-order valence-corrected chi connectivity index (χ1v) is 6.53. The molecule has 0 amide bonds. The first-order valence-electron chi connectivity index (χ1n) is 6.53. The minimum Gasteiger partial charge on any atom is -0.386 e. The van der Waals surface area contributed by atoms with Gasteiger partial charge in [-0.1, -0.05) is 19.9 Å². The van der Waals surface area contributed by atoms with E-state index in [1.54, 1.807) is 6.20 Å². The Kier molecular flexibility index (Phi) is 4.27. The molecule has 0 saturated heterocycles. The Morgan fingerprint density at radius 1 is 1.26 bits per heavy atom. The van der Waals surface area contributed by atoms with Gasteiger partial charge in [0.15, 0.2) is 0 Å². The third-order valence-corrected chi connectivity index (χ3v) is 2.89. The van der Waals surface area contributed by atoms with Gasteiger partial charge in [-0.25, -0.2) is 9.67 Å². The number of aromatic nitrogens is 4. The van der Waals surface area contributed by atoms with Crippen molar-refractivity contribution in [1.82, 2.24) is 19.7 Å². The Bertz CT molecular complexity index is 518. The lowest BCUT2D eigenvalue weighted by Crippen LogP contribution is -2.14. The van der Waals surface area contributed by atoms with Crippen molar-refractivity contribution >= 4 is 0 Å². The predicted octanol–water partition coefficient (Wildman–Crippen LogP) is 1.91. The van der Waals surface area contributed by atoms with E-state index in [1.807, 2.05) is 23.7 Å². The number of nitrogens with zero attached hydrogens (tertiary/aromatic N) is 4. The lowest BCUT2D eigenvalue weighted by molar-refractivity contribution is 0.168. The molecule has 0 bridgehead atoms. The van der Waals surface area contributed by atoms with E-state index in [0.717, 1.165) is 17.9 Å². The van der Waals surface area contributed by atoms with E-state index in [0.29, 0.717) is 18.0 Å². The van der Waals surface area contributed by atoms with Crippen LogP contribution < -0.4 is 0 Å². The topological polar surface area (TPSA) is 63.8 Å². The maximum atomic E-state index is 10.2. The van der Waals surface area contributed by atoms with E-state index in [4.69, 9.17) is 0 Å². The molecular formula is C14H20N4O. The van der Waals surface area contributed by atoms with Crippen molar-refractivity contribution in [2.45, 2.75) is 39.8 Å². The van der Waals surface area contributed by atoms with Gasteiger partial charge in [0, 0.05) is 19.2 Å². The quantitative estimate of drug-likeness (QED) is 0.892.